The molecule has 1 aliphatic heterocycles. The van der Waals surface area contributed by atoms with Gasteiger partial charge < -0.3 is 14.8 Å². The van der Waals surface area contributed by atoms with Crippen molar-refractivity contribution in [1.29, 1.82) is 0 Å². The van der Waals surface area contributed by atoms with Gasteiger partial charge in [0.15, 0.2) is 0 Å². The van der Waals surface area contributed by atoms with Crippen LogP contribution in [0, 0.1) is 0 Å². The first-order chi connectivity index (χ1) is 8.78. The smallest absolute Gasteiger partial charge is 0.134 e. The van der Waals surface area contributed by atoms with Crippen LogP contribution in [0.15, 0.2) is 35.3 Å². The zero-order valence-electron chi connectivity index (χ0n) is 10.3. The lowest BCUT2D eigenvalue weighted by atomic mass is 10.0. The number of phenolic OH excluding ortho intramolecular Hbond substituents is 1. The van der Waals surface area contributed by atoms with Crippen LogP contribution in [0.1, 0.15) is 17.7 Å². The fraction of sp³-hybridized carbons (Fsp3) is 0.333. The van der Waals surface area contributed by atoms with Crippen molar-refractivity contribution < 1.29 is 9.52 Å². The van der Waals surface area contributed by atoms with Crippen LogP contribution in [0.25, 0.3) is 11.0 Å². The third-order valence-electron chi connectivity index (χ3n) is 3.55. The first-order valence-corrected chi connectivity index (χ1v) is 6.35. The third-order valence-corrected chi connectivity index (χ3v) is 3.55. The van der Waals surface area contributed by atoms with Crippen molar-refractivity contribution in [2.24, 2.45) is 0 Å². The second-order valence-corrected chi connectivity index (χ2v) is 4.81. The minimum absolute atomic E-state index is 0.297. The molecule has 0 saturated carbocycles. The molecule has 1 aromatic heterocycles. The monoisotopic (exact) mass is 243 g/mol. The van der Waals surface area contributed by atoms with Gasteiger partial charge in [-0.1, -0.05) is 6.08 Å². The van der Waals surface area contributed by atoms with Crippen LogP contribution in [-0.4, -0.2) is 17.7 Å². The summed E-state index contributed by atoms with van der Waals surface area (Å²) in [6, 6.07) is 5.71. The second kappa shape index (κ2) is 4.50. The van der Waals surface area contributed by atoms with Crippen molar-refractivity contribution >= 4 is 11.0 Å². The van der Waals surface area contributed by atoms with E-state index in [0.29, 0.717) is 11.8 Å². The molecule has 0 amide bonds. The maximum atomic E-state index is 9.59. The maximum absolute atomic E-state index is 9.59. The van der Waals surface area contributed by atoms with Crippen molar-refractivity contribution in [2.45, 2.75) is 25.3 Å². The molecule has 0 radical (unpaired) electrons. The number of hydrogen-bond donors (Lipinski definition) is 2. The average Bonchev–Trinajstić information content (AvgIpc) is 2.55. The van der Waals surface area contributed by atoms with E-state index < -0.39 is 0 Å². The summed E-state index contributed by atoms with van der Waals surface area (Å²) < 4.78 is 5.92. The van der Waals surface area contributed by atoms with E-state index in [2.05, 4.69) is 11.9 Å². The Morgan fingerprint density at radius 2 is 2.39 bits per heavy atom. The van der Waals surface area contributed by atoms with Gasteiger partial charge in [-0.25, -0.2) is 0 Å². The Hall–Kier alpha value is -1.74. The molecule has 0 spiro atoms. The number of hydrogen-bond acceptors (Lipinski definition) is 3. The van der Waals surface area contributed by atoms with Gasteiger partial charge in [0.25, 0.3) is 0 Å². The highest BCUT2D eigenvalue weighted by Crippen LogP contribution is 2.31. The molecule has 1 aromatic carbocycles. The number of rotatable bonds is 2. The molecular formula is C15H17NO2. The Balaban J connectivity index is 2.05. The standard InChI is InChI=1S/C15H17NO2/c1-2-3-10-8-15-12(6-7-16-10)13-9-11(17)4-5-14(13)18-15/h2,4-5,9-10,16-17H,1,3,6-8H2. The van der Waals surface area contributed by atoms with E-state index in [0.717, 1.165) is 42.5 Å². The first kappa shape index (κ1) is 11.4. The normalized spacial score (nSPS) is 19.4. The van der Waals surface area contributed by atoms with Crippen molar-refractivity contribution in [2.75, 3.05) is 6.54 Å². The Kier molecular flexibility index (Phi) is 2.84. The number of aromatic hydroxyl groups is 1. The highest BCUT2D eigenvalue weighted by atomic mass is 16.3. The predicted molar refractivity (Wildman–Crippen MR) is 71.9 cm³/mol. The minimum atomic E-state index is 0.297. The Morgan fingerprint density at radius 1 is 1.50 bits per heavy atom. The molecule has 0 aliphatic carbocycles. The Bertz CT molecular complexity index is 585. The number of fused-ring (bicyclic) bond motifs is 3. The van der Waals surface area contributed by atoms with E-state index >= 15 is 0 Å². The van der Waals surface area contributed by atoms with E-state index in [-0.39, 0.29) is 0 Å². The molecule has 1 atom stereocenters. The van der Waals surface area contributed by atoms with Gasteiger partial charge in [-0.05, 0) is 37.6 Å². The highest BCUT2D eigenvalue weighted by Gasteiger charge is 2.21. The fourth-order valence-corrected chi connectivity index (χ4v) is 2.69. The van der Waals surface area contributed by atoms with Crippen molar-refractivity contribution in [3.63, 3.8) is 0 Å². The molecule has 2 N–H and O–H groups in total. The van der Waals surface area contributed by atoms with E-state index in [4.69, 9.17) is 4.42 Å². The Labute approximate surface area is 106 Å². The van der Waals surface area contributed by atoms with E-state index in [1.54, 1.807) is 12.1 Å². The summed E-state index contributed by atoms with van der Waals surface area (Å²) in [5, 5.41) is 14.1. The SMILES string of the molecule is C=CCC1Cc2oc3ccc(O)cc3c2CCN1. The van der Waals surface area contributed by atoms with Crippen LogP contribution < -0.4 is 5.32 Å². The molecule has 94 valence electrons. The lowest BCUT2D eigenvalue weighted by Gasteiger charge is -2.12. The Morgan fingerprint density at radius 3 is 3.22 bits per heavy atom. The van der Waals surface area contributed by atoms with Gasteiger partial charge in [0.2, 0.25) is 0 Å². The second-order valence-electron chi connectivity index (χ2n) is 4.81. The maximum Gasteiger partial charge on any atom is 0.134 e. The zero-order valence-corrected chi connectivity index (χ0v) is 10.3. The van der Waals surface area contributed by atoms with E-state index in [1.165, 1.54) is 5.56 Å². The number of phenols is 1. The van der Waals surface area contributed by atoms with Gasteiger partial charge in [-0.2, -0.15) is 0 Å². The molecule has 3 heteroatoms. The van der Waals surface area contributed by atoms with Crippen LogP contribution >= 0.6 is 0 Å². The van der Waals surface area contributed by atoms with E-state index in [9.17, 15) is 5.11 Å². The first-order valence-electron chi connectivity index (χ1n) is 6.35. The summed E-state index contributed by atoms with van der Waals surface area (Å²) >= 11 is 0. The summed E-state index contributed by atoms with van der Waals surface area (Å²) in [7, 11) is 0. The zero-order chi connectivity index (χ0) is 12.5. The molecule has 2 heterocycles. The van der Waals surface area contributed by atoms with Crippen molar-refractivity contribution in [3.8, 4) is 5.75 Å². The number of benzene rings is 1. The van der Waals surface area contributed by atoms with Crippen molar-refractivity contribution in [3.05, 3.63) is 42.2 Å². The molecule has 2 aromatic rings. The molecular weight excluding hydrogens is 226 g/mol. The molecule has 0 bridgehead atoms. The van der Waals surface area contributed by atoms with Gasteiger partial charge in [0.05, 0.1) is 0 Å². The molecule has 0 fully saturated rings. The topological polar surface area (TPSA) is 45.4 Å². The highest BCUT2D eigenvalue weighted by molar-refractivity contribution is 5.83. The molecule has 0 saturated heterocycles. The number of nitrogens with one attached hydrogen (secondary N) is 1. The van der Waals surface area contributed by atoms with Gasteiger partial charge in [0.1, 0.15) is 17.1 Å². The molecule has 3 rings (SSSR count). The van der Waals surface area contributed by atoms with Gasteiger partial charge in [-0.15, -0.1) is 6.58 Å². The summed E-state index contributed by atoms with van der Waals surface area (Å²) in [5.41, 5.74) is 2.11. The van der Waals surface area contributed by atoms with Gasteiger partial charge in [0, 0.05) is 23.4 Å². The predicted octanol–water partition coefficient (Wildman–Crippen LogP) is 2.77. The van der Waals surface area contributed by atoms with Crippen LogP contribution in [0.4, 0.5) is 0 Å². The summed E-state index contributed by atoms with van der Waals surface area (Å²) in [4.78, 5) is 0. The molecule has 1 aliphatic rings. The summed E-state index contributed by atoms with van der Waals surface area (Å²) in [6.45, 7) is 4.73. The summed E-state index contributed by atoms with van der Waals surface area (Å²) in [5.74, 6) is 1.35. The lowest BCUT2D eigenvalue weighted by Crippen LogP contribution is -2.30. The van der Waals surface area contributed by atoms with Crippen LogP contribution in [0.2, 0.25) is 0 Å². The number of furan rings is 1. The quantitative estimate of drug-likeness (QED) is 0.797. The van der Waals surface area contributed by atoms with Gasteiger partial charge in [-0.3, -0.25) is 0 Å². The molecule has 3 nitrogen and oxygen atoms in total. The van der Waals surface area contributed by atoms with Crippen LogP contribution in [-0.2, 0) is 12.8 Å². The minimum Gasteiger partial charge on any atom is -0.508 e. The molecule has 1 unspecified atom stereocenters. The molecule has 18 heavy (non-hydrogen) atoms. The third kappa shape index (κ3) is 1.91. The largest absolute Gasteiger partial charge is 0.508 e. The summed E-state index contributed by atoms with van der Waals surface area (Å²) in [6.07, 6.45) is 4.72. The lowest BCUT2D eigenvalue weighted by molar-refractivity contribution is 0.471. The fourth-order valence-electron chi connectivity index (χ4n) is 2.69. The van der Waals surface area contributed by atoms with Crippen LogP contribution in [0.3, 0.4) is 0 Å². The van der Waals surface area contributed by atoms with Crippen molar-refractivity contribution in [1.82, 2.24) is 5.32 Å². The van der Waals surface area contributed by atoms with Gasteiger partial charge >= 0.3 is 0 Å². The van der Waals surface area contributed by atoms with E-state index in [1.807, 2.05) is 12.1 Å². The van der Waals surface area contributed by atoms with Crippen LogP contribution in [0.5, 0.6) is 5.75 Å². The average molecular weight is 243 g/mol.